The Balaban J connectivity index is 1.98. The molecule has 4 nitrogen and oxygen atoms in total. The molecule has 2 heterocycles. The Labute approximate surface area is 104 Å². The first kappa shape index (κ1) is 11.0. The minimum atomic E-state index is -0.426. The summed E-state index contributed by atoms with van der Waals surface area (Å²) in [6.07, 6.45) is 2.56. The quantitative estimate of drug-likeness (QED) is 0.569. The van der Waals surface area contributed by atoms with Gasteiger partial charge in [-0.3, -0.25) is 9.59 Å². The van der Waals surface area contributed by atoms with Crippen LogP contribution >= 0.6 is 0 Å². The molecule has 4 heteroatoms. The third-order valence-corrected chi connectivity index (χ3v) is 3.43. The van der Waals surface area contributed by atoms with Crippen molar-refractivity contribution in [1.29, 1.82) is 0 Å². The molecule has 0 atom stereocenters. The molecule has 1 aromatic heterocycles. The van der Waals surface area contributed by atoms with E-state index in [9.17, 15) is 9.59 Å². The summed E-state index contributed by atoms with van der Waals surface area (Å²) in [4.78, 5) is 22.6. The molecule has 92 valence electrons. The summed E-state index contributed by atoms with van der Waals surface area (Å²) < 4.78 is 6.59. The Morgan fingerprint density at radius 2 is 1.89 bits per heavy atom. The maximum atomic E-state index is 11.3. The third kappa shape index (κ3) is 1.79. The number of carbonyl (C=O) groups is 2. The molecule has 0 saturated carbocycles. The van der Waals surface area contributed by atoms with Crippen molar-refractivity contribution in [2.45, 2.75) is 18.8 Å². The molecular formula is C14H13NO3. The van der Waals surface area contributed by atoms with Crippen molar-refractivity contribution >= 4 is 22.8 Å². The molecule has 1 aliphatic heterocycles. The molecule has 1 aliphatic rings. The molecule has 0 unspecified atom stereocenters. The predicted octanol–water partition coefficient (Wildman–Crippen LogP) is 2.13. The lowest BCUT2D eigenvalue weighted by Gasteiger charge is -2.20. The molecule has 1 saturated heterocycles. The monoisotopic (exact) mass is 243 g/mol. The van der Waals surface area contributed by atoms with Gasteiger partial charge in [0.05, 0.1) is 12.8 Å². The van der Waals surface area contributed by atoms with Crippen LogP contribution in [0.15, 0.2) is 30.5 Å². The molecule has 0 N–H and O–H groups in total. The van der Waals surface area contributed by atoms with Gasteiger partial charge in [0, 0.05) is 24.7 Å². The van der Waals surface area contributed by atoms with E-state index in [1.54, 1.807) is 0 Å². The van der Waals surface area contributed by atoms with Crippen LogP contribution in [0.25, 0.3) is 10.9 Å². The summed E-state index contributed by atoms with van der Waals surface area (Å²) in [5.41, 5.74) is 2.17. The maximum Gasteiger partial charge on any atom is 0.314 e. The lowest BCUT2D eigenvalue weighted by molar-refractivity contribution is -0.163. The Kier molecular flexibility index (Phi) is 2.44. The number of cyclic esters (lactones) is 2. The van der Waals surface area contributed by atoms with Gasteiger partial charge in [-0.2, -0.15) is 0 Å². The highest BCUT2D eigenvalue weighted by molar-refractivity contribution is 5.90. The SMILES string of the molecule is Cn1ccc2cc(C3CC(=O)OC(=O)C3)ccc21. The Morgan fingerprint density at radius 3 is 2.61 bits per heavy atom. The largest absolute Gasteiger partial charge is 0.393 e. The number of ether oxygens (including phenoxy) is 1. The molecule has 0 bridgehead atoms. The molecule has 1 fully saturated rings. The molecule has 18 heavy (non-hydrogen) atoms. The molecule has 0 amide bonds. The van der Waals surface area contributed by atoms with Crippen LogP contribution in [0.2, 0.25) is 0 Å². The number of benzene rings is 1. The topological polar surface area (TPSA) is 48.3 Å². The number of aryl methyl sites for hydroxylation is 1. The zero-order valence-corrected chi connectivity index (χ0v) is 10.1. The molecule has 0 spiro atoms. The normalized spacial score (nSPS) is 17.2. The van der Waals surface area contributed by atoms with E-state index >= 15 is 0 Å². The minimum Gasteiger partial charge on any atom is -0.393 e. The van der Waals surface area contributed by atoms with Crippen molar-refractivity contribution in [3.05, 3.63) is 36.0 Å². The average Bonchev–Trinajstić information content (AvgIpc) is 2.69. The predicted molar refractivity (Wildman–Crippen MR) is 66.0 cm³/mol. The number of hydrogen-bond acceptors (Lipinski definition) is 3. The van der Waals surface area contributed by atoms with Gasteiger partial charge in [-0.15, -0.1) is 0 Å². The minimum absolute atomic E-state index is 0.0524. The van der Waals surface area contributed by atoms with Gasteiger partial charge in [0.2, 0.25) is 0 Å². The molecule has 2 aromatic rings. The zero-order chi connectivity index (χ0) is 12.7. The molecule has 1 aromatic carbocycles. The number of aromatic nitrogens is 1. The van der Waals surface area contributed by atoms with Crippen LogP contribution in [0.4, 0.5) is 0 Å². The second-order valence-electron chi connectivity index (χ2n) is 4.70. The summed E-state index contributed by atoms with van der Waals surface area (Å²) in [5.74, 6) is -0.905. The average molecular weight is 243 g/mol. The van der Waals surface area contributed by atoms with Crippen molar-refractivity contribution in [3.8, 4) is 0 Å². The fourth-order valence-electron chi connectivity index (χ4n) is 2.47. The van der Waals surface area contributed by atoms with Gasteiger partial charge in [-0.25, -0.2) is 0 Å². The molecule has 0 radical (unpaired) electrons. The standard InChI is InChI=1S/C14H13NO3/c1-15-5-4-10-6-9(2-3-12(10)15)11-7-13(16)18-14(17)8-11/h2-6,11H,7-8H2,1H3. The highest BCUT2D eigenvalue weighted by Gasteiger charge is 2.28. The first-order valence-electron chi connectivity index (χ1n) is 5.92. The molecular weight excluding hydrogens is 230 g/mol. The summed E-state index contributed by atoms with van der Waals surface area (Å²) in [7, 11) is 1.99. The zero-order valence-electron chi connectivity index (χ0n) is 10.1. The molecule has 3 rings (SSSR count). The summed E-state index contributed by atoms with van der Waals surface area (Å²) >= 11 is 0. The number of esters is 2. The summed E-state index contributed by atoms with van der Waals surface area (Å²) in [6, 6.07) is 8.08. The van der Waals surface area contributed by atoms with Gasteiger partial charge in [0.15, 0.2) is 0 Å². The van der Waals surface area contributed by atoms with Crippen LogP contribution in [-0.2, 0) is 21.4 Å². The summed E-state index contributed by atoms with van der Waals surface area (Å²) in [6.45, 7) is 0. The van der Waals surface area contributed by atoms with Gasteiger partial charge in [-0.05, 0) is 29.1 Å². The third-order valence-electron chi connectivity index (χ3n) is 3.43. The van der Waals surface area contributed by atoms with Crippen LogP contribution in [0.1, 0.15) is 24.3 Å². The van der Waals surface area contributed by atoms with Crippen LogP contribution in [0, 0.1) is 0 Å². The first-order valence-corrected chi connectivity index (χ1v) is 5.92. The van der Waals surface area contributed by atoms with Gasteiger partial charge < -0.3 is 9.30 Å². The van der Waals surface area contributed by atoms with Crippen LogP contribution in [0.3, 0.4) is 0 Å². The first-order chi connectivity index (χ1) is 8.63. The highest BCUT2D eigenvalue weighted by atomic mass is 16.6. The van der Waals surface area contributed by atoms with Crippen LogP contribution < -0.4 is 0 Å². The van der Waals surface area contributed by atoms with E-state index in [-0.39, 0.29) is 18.8 Å². The second kappa shape index (κ2) is 3.98. The number of fused-ring (bicyclic) bond motifs is 1. The van der Waals surface area contributed by atoms with Crippen LogP contribution in [0.5, 0.6) is 0 Å². The van der Waals surface area contributed by atoms with E-state index in [4.69, 9.17) is 0 Å². The Morgan fingerprint density at radius 1 is 1.17 bits per heavy atom. The second-order valence-corrected chi connectivity index (χ2v) is 4.70. The maximum absolute atomic E-state index is 11.3. The van der Waals surface area contributed by atoms with E-state index < -0.39 is 11.9 Å². The number of hydrogen-bond donors (Lipinski definition) is 0. The smallest absolute Gasteiger partial charge is 0.314 e. The molecule has 0 aliphatic carbocycles. The Bertz CT molecular complexity index is 626. The van der Waals surface area contributed by atoms with Gasteiger partial charge in [-0.1, -0.05) is 6.07 Å². The van der Waals surface area contributed by atoms with Crippen molar-refractivity contribution in [1.82, 2.24) is 4.57 Å². The van der Waals surface area contributed by atoms with E-state index in [0.29, 0.717) is 0 Å². The fraction of sp³-hybridized carbons (Fsp3) is 0.286. The van der Waals surface area contributed by atoms with E-state index in [0.717, 1.165) is 16.5 Å². The van der Waals surface area contributed by atoms with Crippen LogP contribution in [-0.4, -0.2) is 16.5 Å². The van der Waals surface area contributed by atoms with E-state index in [2.05, 4.69) is 4.74 Å². The Hall–Kier alpha value is -2.10. The van der Waals surface area contributed by atoms with Crippen molar-refractivity contribution in [2.24, 2.45) is 7.05 Å². The van der Waals surface area contributed by atoms with Crippen molar-refractivity contribution < 1.29 is 14.3 Å². The van der Waals surface area contributed by atoms with E-state index in [1.807, 2.05) is 42.1 Å². The van der Waals surface area contributed by atoms with Crippen molar-refractivity contribution in [3.63, 3.8) is 0 Å². The fourth-order valence-corrected chi connectivity index (χ4v) is 2.47. The van der Waals surface area contributed by atoms with Gasteiger partial charge in [0.25, 0.3) is 0 Å². The highest BCUT2D eigenvalue weighted by Crippen LogP contribution is 2.30. The number of rotatable bonds is 1. The lowest BCUT2D eigenvalue weighted by atomic mass is 9.90. The van der Waals surface area contributed by atoms with Crippen molar-refractivity contribution in [2.75, 3.05) is 0 Å². The summed E-state index contributed by atoms with van der Waals surface area (Å²) in [5, 5.41) is 1.13. The van der Waals surface area contributed by atoms with Gasteiger partial charge >= 0.3 is 11.9 Å². The number of nitrogens with zero attached hydrogens (tertiary/aromatic N) is 1. The van der Waals surface area contributed by atoms with Gasteiger partial charge in [0.1, 0.15) is 0 Å². The van der Waals surface area contributed by atoms with E-state index in [1.165, 1.54) is 0 Å². The lowest BCUT2D eigenvalue weighted by Crippen LogP contribution is -2.24. The number of carbonyl (C=O) groups excluding carboxylic acids is 2.